The first-order valence-electron chi connectivity index (χ1n) is 7.25. The van der Waals surface area contributed by atoms with Crippen molar-refractivity contribution in [1.82, 2.24) is 10.2 Å². The molecule has 0 amide bonds. The molecule has 2 N–H and O–H groups in total. The van der Waals surface area contributed by atoms with Crippen LogP contribution in [0.1, 0.15) is 24.8 Å². The number of sulfonamides is 1. The summed E-state index contributed by atoms with van der Waals surface area (Å²) in [6.07, 6.45) is 2.60. The second kappa shape index (κ2) is 6.39. The summed E-state index contributed by atoms with van der Waals surface area (Å²) in [6.45, 7) is 2.65. The number of nitrogens with one attached hydrogen (secondary N) is 2. The Hall–Kier alpha value is -1.38. The summed E-state index contributed by atoms with van der Waals surface area (Å²) in [5.41, 5.74) is 1.96. The van der Waals surface area contributed by atoms with Gasteiger partial charge in [-0.1, -0.05) is 0 Å². The van der Waals surface area contributed by atoms with E-state index in [4.69, 9.17) is 4.74 Å². The third kappa shape index (κ3) is 3.68. The van der Waals surface area contributed by atoms with E-state index < -0.39 is 10.0 Å². The maximum Gasteiger partial charge on any atom is 0.236 e. The lowest BCUT2D eigenvalue weighted by molar-refractivity contribution is 0.0306. The second-order valence-electron chi connectivity index (χ2n) is 5.47. The number of nitrogens with zero attached hydrogens (tertiary/aromatic N) is 1. The number of aromatic amines is 1. The van der Waals surface area contributed by atoms with Crippen molar-refractivity contribution >= 4 is 27.2 Å². The van der Waals surface area contributed by atoms with E-state index in [0.717, 1.165) is 35.4 Å². The number of rotatable bonds is 5. The zero-order valence-electron chi connectivity index (χ0n) is 12.3. The molecule has 0 aromatic carbocycles. The molecule has 0 spiro atoms. The highest BCUT2D eigenvalue weighted by Crippen LogP contribution is 2.29. The first-order chi connectivity index (χ1) is 10.5. The zero-order valence-corrected chi connectivity index (χ0v) is 14.0. The molecule has 1 aliphatic rings. The third-order valence-corrected chi connectivity index (χ3v) is 6.00. The molecule has 3 rings (SSSR count). The molecule has 22 heavy (non-hydrogen) atoms. The van der Waals surface area contributed by atoms with Crippen LogP contribution in [-0.4, -0.2) is 37.1 Å². The van der Waals surface area contributed by atoms with Gasteiger partial charge in [-0.25, -0.2) is 8.42 Å². The Morgan fingerprint density at radius 3 is 3.05 bits per heavy atom. The molecule has 3 heterocycles. The largest absolute Gasteiger partial charge is 0.377 e. The molecule has 0 bridgehead atoms. The van der Waals surface area contributed by atoms with Crippen molar-refractivity contribution in [3.8, 4) is 10.6 Å². The minimum Gasteiger partial charge on any atom is -0.377 e. The van der Waals surface area contributed by atoms with Gasteiger partial charge in [0.15, 0.2) is 5.82 Å². The molecule has 1 saturated heterocycles. The van der Waals surface area contributed by atoms with Gasteiger partial charge in [0.05, 0.1) is 22.4 Å². The summed E-state index contributed by atoms with van der Waals surface area (Å²) in [4.78, 5) is 1.06. The molecule has 1 aliphatic heterocycles. The molecule has 6 nitrogen and oxygen atoms in total. The number of hydrogen-bond acceptors (Lipinski definition) is 5. The number of H-pyrrole nitrogens is 1. The smallest absolute Gasteiger partial charge is 0.236 e. The first-order valence-corrected chi connectivity index (χ1v) is 9.79. The minimum absolute atomic E-state index is 0.0206. The van der Waals surface area contributed by atoms with E-state index in [-0.39, 0.29) is 11.9 Å². The lowest BCUT2D eigenvalue weighted by atomic mass is 10.1. The summed E-state index contributed by atoms with van der Waals surface area (Å²) in [5, 5.41) is 8.92. The molecule has 0 radical (unpaired) electrons. The summed E-state index contributed by atoms with van der Waals surface area (Å²) in [6, 6.07) is 3.74. The van der Waals surface area contributed by atoms with Gasteiger partial charge < -0.3 is 4.74 Å². The Morgan fingerprint density at radius 2 is 2.36 bits per heavy atom. The number of aryl methyl sites for hydroxylation is 1. The van der Waals surface area contributed by atoms with Crippen molar-refractivity contribution < 1.29 is 13.2 Å². The normalized spacial score (nSPS) is 19.2. The summed E-state index contributed by atoms with van der Waals surface area (Å²) in [7, 11) is -3.45. The van der Waals surface area contributed by atoms with Gasteiger partial charge in [-0.2, -0.15) is 5.10 Å². The van der Waals surface area contributed by atoms with E-state index in [1.54, 1.807) is 17.4 Å². The Bertz CT molecular complexity index is 730. The fourth-order valence-electron chi connectivity index (χ4n) is 2.52. The number of thiophene rings is 1. The minimum atomic E-state index is -3.45. The standard InChI is InChI=1S/C14H19N3O3S2/c1-10-5-7-21-14(10)12-8-13(16-15-12)17-22(18,19)9-11-4-2-3-6-20-11/h5,7-8,11H,2-4,6,9H2,1H3,(H2,15,16,17)/t11-/m0/s1. The van der Waals surface area contributed by atoms with E-state index in [2.05, 4.69) is 14.9 Å². The SMILES string of the molecule is Cc1ccsc1-c1cc(NS(=O)(=O)C[C@@H]2CCCCO2)n[nH]1. The topological polar surface area (TPSA) is 84.1 Å². The van der Waals surface area contributed by atoms with E-state index in [0.29, 0.717) is 12.4 Å². The molecule has 120 valence electrons. The van der Waals surface area contributed by atoms with E-state index >= 15 is 0 Å². The number of hydrogen-bond donors (Lipinski definition) is 2. The molecule has 2 aromatic heterocycles. The highest BCUT2D eigenvalue weighted by Gasteiger charge is 2.23. The highest BCUT2D eigenvalue weighted by molar-refractivity contribution is 7.92. The highest BCUT2D eigenvalue weighted by atomic mass is 32.2. The molecular formula is C14H19N3O3S2. The van der Waals surface area contributed by atoms with Crippen molar-refractivity contribution in [3.63, 3.8) is 0 Å². The Labute approximate surface area is 133 Å². The number of anilines is 1. The average Bonchev–Trinajstić information content (AvgIpc) is 3.07. The van der Waals surface area contributed by atoms with Crippen LogP contribution in [0.4, 0.5) is 5.82 Å². The van der Waals surface area contributed by atoms with Gasteiger partial charge in [-0.15, -0.1) is 11.3 Å². The molecular weight excluding hydrogens is 322 g/mol. The Balaban J connectivity index is 1.67. The maximum absolute atomic E-state index is 12.2. The number of aromatic nitrogens is 2. The van der Waals surface area contributed by atoms with E-state index in [1.807, 2.05) is 18.4 Å². The quantitative estimate of drug-likeness (QED) is 0.876. The van der Waals surface area contributed by atoms with Crippen molar-refractivity contribution in [2.24, 2.45) is 0 Å². The van der Waals surface area contributed by atoms with Gasteiger partial charge in [0, 0.05) is 12.7 Å². The van der Waals surface area contributed by atoms with Gasteiger partial charge in [0.2, 0.25) is 10.0 Å². The van der Waals surface area contributed by atoms with Crippen LogP contribution in [0.25, 0.3) is 10.6 Å². The second-order valence-corrected chi connectivity index (χ2v) is 8.15. The molecule has 8 heteroatoms. The van der Waals surface area contributed by atoms with Crippen molar-refractivity contribution in [2.75, 3.05) is 17.1 Å². The van der Waals surface area contributed by atoms with Crippen LogP contribution in [0.2, 0.25) is 0 Å². The van der Waals surface area contributed by atoms with Crippen molar-refractivity contribution in [1.29, 1.82) is 0 Å². The lowest BCUT2D eigenvalue weighted by Gasteiger charge is -2.22. The van der Waals surface area contributed by atoms with Crippen LogP contribution in [0.5, 0.6) is 0 Å². The Morgan fingerprint density at radius 1 is 1.50 bits per heavy atom. The summed E-state index contributed by atoms with van der Waals surface area (Å²) >= 11 is 1.59. The molecule has 0 aliphatic carbocycles. The average molecular weight is 341 g/mol. The molecule has 1 atom stereocenters. The third-order valence-electron chi connectivity index (χ3n) is 3.62. The fourth-order valence-corrected chi connectivity index (χ4v) is 4.68. The van der Waals surface area contributed by atoms with Gasteiger partial charge in [0.25, 0.3) is 0 Å². The van der Waals surface area contributed by atoms with Crippen LogP contribution in [-0.2, 0) is 14.8 Å². The van der Waals surface area contributed by atoms with Gasteiger partial charge in [0.1, 0.15) is 0 Å². The van der Waals surface area contributed by atoms with Gasteiger partial charge in [-0.05, 0) is 43.2 Å². The predicted octanol–water partition coefficient (Wildman–Crippen LogP) is 2.76. The maximum atomic E-state index is 12.2. The number of ether oxygens (including phenoxy) is 1. The predicted molar refractivity (Wildman–Crippen MR) is 87.6 cm³/mol. The molecule has 1 fully saturated rings. The Kier molecular flexibility index (Phi) is 4.51. The molecule has 0 saturated carbocycles. The first kappa shape index (κ1) is 15.5. The molecule has 2 aromatic rings. The van der Waals surface area contributed by atoms with Crippen molar-refractivity contribution in [3.05, 3.63) is 23.1 Å². The van der Waals surface area contributed by atoms with Crippen LogP contribution in [0.3, 0.4) is 0 Å². The lowest BCUT2D eigenvalue weighted by Crippen LogP contribution is -2.30. The monoisotopic (exact) mass is 341 g/mol. The van der Waals surface area contributed by atoms with E-state index in [9.17, 15) is 8.42 Å². The zero-order chi connectivity index (χ0) is 15.6. The van der Waals surface area contributed by atoms with E-state index in [1.165, 1.54) is 0 Å². The van der Waals surface area contributed by atoms with Crippen LogP contribution in [0.15, 0.2) is 17.5 Å². The van der Waals surface area contributed by atoms with Gasteiger partial charge >= 0.3 is 0 Å². The van der Waals surface area contributed by atoms with Crippen LogP contribution >= 0.6 is 11.3 Å². The van der Waals surface area contributed by atoms with Crippen LogP contribution in [0, 0.1) is 6.92 Å². The molecule has 0 unspecified atom stereocenters. The van der Waals surface area contributed by atoms with Crippen molar-refractivity contribution in [2.45, 2.75) is 32.3 Å². The van der Waals surface area contributed by atoms with Crippen LogP contribution < -0.4 is 4.72 Å². The summed E-state index contributed by atoms with van der Waals surface area (Å²) in [5.74, 6) is 0.298. The summed E-state index contributed by atoms with van der Waals surface area (Å²) < 4.78 is 32.4. The van der Waals surface area contributed by atoms with Gasteiger partial charge in [-0.3, -0.25) is 9.82 Å². The fraction of sp³-hybridized carbons (Fsp3) is 0.500.